The Labute approximate surface area is 107 Å². The molecule has 0 saturated heterocycles. The standard InChI is InChI=1S/C14H17NO3/c1-14(2,3)12(15-10-16)13(17)18-9-11-7-5-4-6-8-11/h4-8,12H,9H2,1-3H3/t12-/m1/s1. The second kappa shape index (κ2) is 6.12. The first-order chi connectivity index (χ1) is 8.45. The van der Waals surface area contributed by atoms with E-state index in [0.717, 1.165) is 5.56 Å². The molecule has 0 heterocycles. The van der Waals surface area contributed by atoms with Crippen LogP contribution in [-0.2, 0) is 20.9 Å². The maximum absolute atomic E-state index is 11.9. The van der Waals surface area contributed by atoms with Crippen LogP contribution in [0.25, 0.3) is 0 Å². The summed E-state index contributed by atoms with van der Waals surface area (Å²) in [4.78, 5) is 25.7. The lowest BCUT2D eigenvalue weighted by Crippen LogP contribution is -2.34. The van der Waals surface area contributed by atoms with E-state index in [4.69, 9.17) is 4.74 Å². The molecule has 0 spiro atoms. The number of hydrogen-bond donors (Lipinski definition) is 0. The highest BCUT2D eigenvalue weighted by atomic mass is 16.5. The third-order valence-corrected chi connectivity index (χ3v) is 2.45. The van der Waals surface area contributed by atoms with Crippen LogP contribution < -0.4 is 0 Å². The van der Waals surface area contributed by atoms with Crippen molar-refractivity contribution in [2.45, 2.75) is 33.4 Å². The minimum atomic E-state index is -0.821. The van der Waals surface area contributed by atoms with Gasteiger partial charge in [-0.15, -0.1) is 0 Å². The molecule has 0 aliphatic carbocycles. The number of ether oxygens (including phenoxy) is 1. The molecule has 0 unspecified atom stereocenters. The van der Waals surface area contributed by atoms with Crippen molar-refractivity contribution in [3.8, 4) is 0 Å². The number of rotatable bonds is 4. The molecule has 0 N–H and O–H groups in total. The lowest BCUT2D eigenvalue weighted by molar-refractivity contribution is -0.149. The van der Waals surface area contributed by atoms with Gasteiger partial charge in [0.05, 0.1) is 0 Å². The average Bonchev–Trinajstić information content (AvgIpc) is 2.33. The van der Waals surface area contributed by atoms with Gasteiger partial charge in [0.25, 0.3) is 0 Å². The third-order valence-electron chi connectivity index (χ3n) is 2.45. The van der Waals surface area contributed by atoms with Crippen molar-refractivity contribution in [2.75, 3.05) is 0 Å². The summed E-state index contributed by atoms with van der Waals surface area (Å²) in [7, 11) is 0. The lowest BCUT2D eigenvalue weighted by atomic mass is 9.87. The number of hydrogen-bond acceptors (Lipinski definition) is 4. The van der Waals surface area contributed by atoms with Gasteiger partial charge >= 0.3 is 5.97 Å². The van der Waals surface area contributed by atoms with E-state index in [1.807, 2.05) is 51.1 Å². The molecule has 0 aliphatic rings. The zero-order valence-corrected chi connectivity index (χ0v) is 10.8. The van der Waals surface area contributed by atoms with Gasteiger partial charge in [-0.1, -0.05) is 51.1 Å². The lowest BCUT2D eigenvalue weighted by Gasteiger charge is -2.23. The topological polar surface area (TPSA) is 55.7 Å². The molecule has 1 rings (SSSR count). The molecular weight excluding hydrogens is 230 g/mol. The van der Waals surface area contributed by atoms with Crippen LogP contribution in [0.2, 0.25) is 0 Å². The van der Waals surface area contributed by atoms with Gasteiger partial charge in [-0.05, 0) is 11.0 Å². The van der Waals surface area contributed by atoms with Crippen LogP contribution in [0.3, 0.4) is 0 Å². The molecule has 0 aliphatic heterocycles. The normalized spacial score (nSPS) is 12.4. The summed E-state index contributed by atoms with van der Waals surface area (Å²) < 4.78 is 5.16. The molecule has 0 fully saturated rings. The second-order valence-electron chi connectivity index (χ2n) is 5.08. The molecule has 4 heteroatoms. The molecule has 4 nitrogen and oxygen atoms in total. The van der Waals surface area contributed by atoms with Gasteiger partial charge in [0.1, 0.15) is 6.61 Å². The summed E-state index contributed by atoms with van der Waals surface area (Å²) in [5.74, 6) is -0.505. The smallest absolute Gasteiger partial charge is 0.332 e. The quantitative estimate of drug-likeness (QED) is 0.466. The fourth-order valence-electron chi connectivity index (χ4n) is 1.46. The van der Waals surface area contributed by atoms with E-state index in [9.17, 15) is 9.59 Å². The van der Waals surface area contributed by atoms with E-state index in [1.165, 1.54) is 6.08 Å². The molecular formula is C14H17NO3. The Morgan fingerprint density at radius 3 is 2.44 bits per heavy atom. The fraction of sp³-hybridized carbons (Fsp3) is 0.429. The van der Waals surface area contributed by atoms with Gasteiger partial charge < -0.3 is 4.74 Å². The fourth-order valence-corrected chi connectivity index (χ4v) is 1.46. The highest BCUT2D eigenvalue weighted by molar-refractivity contribution is 5.77. The Morgan fingerprint density at radius 2 is 1.94 bits per heavy atom. The first-order valence-electron chi connectivity index (χ1n) is 5.72. The van der Waals surface area contributed by atoms with Crippen molar-refractivity contribution >= 4 is 12.0 Å². The third kappa shape index (κ3) is 4.15. The first-order valence-corrected chi connectivity index (χ1v) is 5.72. The maximum atomic E-state index is 11.9. The van der Waals surface area contributed by atoms with Gasteiger partial charge in [0.15, 0.2) is 6.04 Å². The molecule has 0 amide bonds. The molecule has 1 aromatic carbocycles. The SMILES string of the molecule is CC(C)(C)[C@H](N=C=O)C(=O)OCc1ccccc1. The molecule has 18 heavy (non-hydrogen) atoms. The van der Waals surface area contributed by atoms with E-state index < -0.39 is 17.4 Å². The summed E-state index contributed by atoms with van der Waals surface area (Å²) in [6.07, 6.45) is 1.43. The molecule has 1 atom stereocenters. The van der Waals surface area contributed by atoms with Crippen molar-refractivity contribution < 1.29 is 14.3 Å². The van der Waals surface area contributed by atoms with Crippen LogP contribution in [0, 0.1) is 5.41 Å². The van der Waals surface area contributed by atoms with Gasteiger partial charge in [0.2, 0.25) is 6.08 Å². The minimum absolute atomic E-state index is 0.181. The molecule has 1 aromatic rings. The van der Waals surface area contributed by atoms with E-state index in [-0.39, 0.29) is 6.61 Å². The summed E-state index contributed by atoms with van der Waals surface area (Å²) in [5.41, 5.74) is 0.430. The van der Waals surface area contributed by atoms with Crippen LogP contribution in [0.4, 0.5) is 0 Å². The summed E-state index contributed by atoms with van der Waals surface area (Å²) in [5, 5.41) is 0. The number of carbonyl (C=O) groups excluding carboxylic acids is 2. The Balaban J connectivity index is 2.66. The molecule has 0 radical (unpaired) electrons. The molecule has 96 valence electrons. The highest BCUT2D eigenvalue weighted by Crippen LogP contribution is 2.23. The van der Waals surface area contributed by atoms with Crippen LogP contribution in [0.1, 0.15) is 26.3 Å². The zero-order chi connectivity index (χ0) is 13.6. The number of isocyanates is 1. The number of nitrogens with zero attached hydrogens (tertiary/aromatic N) is 1. The van der Waals surface area contributed by atoms with Crippen molar-refractivity contribution in [1.82, 2.24) is 0 Å². The highest BCUT2D eigenvalue weighted by Gasteiger charge is 2.32. The van der Waals surface area contributed by atoms with E-state index in [1.54, 1.807) is 0 Å². The van der Waals surface area contributed by atoms with Crippen LogP contribution in [0.5, 0.6) is 0 Å². The van der Waals surface area contributed by atoms with E-state index >= 15 is 0 Å². The Kier molecular flexibility index (Phi) is 4.81. The van der Waals surface area contributed by atoms with Crippen molar-refractivity contribution in [3.63, 3.8) is 0 Å². The maximum Gasteiger partial charge on any atom is 0.332 e. The van der Waals surface area contributed by atoms with E-state index in [0.29, 0.717) is 0 Å². The van der Waals surface area contributed by atoms with Gasteiger partial charge in [0, 0.05) is 0 Å². The summed E-state index contributed by atoms with van der Waals surface area (Å²) >= 11 is 0. The molecule has 0 bridgehead atoms. The molecule has 0 aromatic heterocycles. The van der Waals surface area contributed by atoms with Crippen LogP contribution >= 0.6 is 0 Å². The zero-order valence-electron chi connectivity index (χ0n) is 10.8. The van der Waals surface area contributed by atoms with Crippen LogP contribution in [0.15, 0.2) is 35.3 Å². The Bertz CT molecular complexity index is 442. The van der Waals surface area contributed by atoms with Gasteiger partial charge in [-0.3, -0.25) is 0 Å². The predicted octanol–water partition coefficient (Wildman–Crippen LogP) is 2.48. The Morgan fingerprint density at radius 1 is 1.33 bits per heavy atom. The largest absolute Gasteiger partial charge is 0.459 e. The predicted molar refractivity (Wildman–Crippen MR) is 67.6 cm³/mol. The number of benzene rings is 1. The summed E-state index contributed by atoms with van der Waals surface area (Å²) in [6.45, 7) is 5.65. The van der Waals surface area contributed by atoms with Crippen molar-refractivity contribution in [2.24, 2.45) is 10.4 Å². The molecule has 0 saturated carbocycles. The van der Waals surface area contributed by atoms with E-state index in [2.05, 4.69) is 4.99 Å². The minimum Gasteiger partial charge on any atom is -0.459 e. The van der Waals surface area contributed by atoms with Crippen molar-refractivity contribution in [3.05, 3.63) is 35.9 Å². The first kappa shape index (κ1) is 14.1. The number of esters is 1. The van der Waals surface area contributed by atoms with Crippen LogP contribution in [-0.4, -0.2) is 18.1 Å². The monoisotopic (exact) mass is 247 g/mol. The number of carbonyl (C=O) groups is 1. The summed E-state index contributed by atoms with van der Waals surface area (Å²) in [6, 6.07) is 8.53. The van der Waals surface area contributed by atoms with Crippen molar-refractivity contribution in [1.29, 1.82) is 0 Å². The Hall–Kier alpha value is -1.93. The van der Waals surface area contributed by atoms with Gasteiger partial charge in [-0.25, -0.2) is 9.59 Å². The van der Waals surface area contributed by atoms with Gasteiger partial charge in [-0.2, -0.15) is 4.99 Å². The second-order valence-corrected chi connectivity index (χ2v) is 5.08. The average molecular weight is 247 g/mol. The number of aliphatic imine (C=N–C) groups is 1.